The lowest BCUT2D eigenvalue weighted by Gasteiger charge is -2.30. The van der Waals surface area contributed by atoms with E-state index in [1.54, 1.807) is 29.9 Å². The molecule has 1 fully saturated rings. The Hall–Kier alpha value is -1.57. The van der Waals surface area contributed by atoms with Gasteiger partial charge in [0.25, 0.3) is 5.56 Å². The Bertz CT molecular complexity index is 894. The van der Waals surface area contributed by atoms with Gasteiger partial charge in [0.05, 0.1) is 16.7 Å². The number of hydrogen-bond acceptors (Lipinski definition) is 5. The Morgan fingerprint density at radius 2 is 2.11 bits per heavy atom. The van der Waals surface area contributed by atoms with E-state index in [1.807, 2.05) is 4.90 Å². The van der Waals surface area contributed by atoms with E-state index in [9.17, 15) is 9.59 Å². The van der Waals surface area contributed by atoms with Crippen molar-refractivity contribution in [3.8, 4) is 0 Å². The number of methoxy groups -OCH3 is 1. The number of carbonyl (C=O) groups is 1. The zero-order chi connectivity index (χ0) is 20.1. The van der Waals surface area contributed by atoms with Crippen molar-refractivity contribution in [3.63, 3.8) is 0 Å². The number of fused-ring (bicyclic) bond motifs is 1. The van der Waals surface area contributed by atoms with Crippen molar-refractivity contribution >= 4 is 40.2 Å². The molecule has 0 aliphatic carbocycles. The zero-order valence-corrected chi connectivity index (χ0v) is 17.9. The van der Waals surface area contributed by atoms with Gasteiger partial charge in [0.1, 0.15) is 0 Å². The van der Waals surface area contributed by atoms with Crippen molar-refractivity contribution in [2.45, 2.75) is 37.9 Å². The van der Waals surface area contributed by atoms with Crippen LogP contribution in [0, 0.1) is 5.92 Å². The first-order valence-corrected chi connectivity index (χ1v) is 11.0. The second-order valence-corrected chi connectivity index (χ2v) is 8.59. The summed E-state index contributed by atoms with van der Waals surface area (Å²) in [6, 6.07) is 5.09. The Balaban J connectivity index is 1.82. The van der Waals surface area contributed by atoms with Gasteiger partial charge >= 0.3 is 0 Å². The minimum absolute atomic E-state index is 0.0979. The Morgan fingerprint density at radius 1 is 1.36 bits per heavy atom. The molecule has 1 saturated heterocycles. The number of hydrogen-bond donors (Lipinski definition) is 0. The van der Waals surface area contributed by atoms with E-state index in [4.69, 9.17) is 16.3 Å². The molecule has 2 heterocycles. The summed E-state index contributed by atoms with van der Waals surface area (Å²) in [6.07, 6.45) is 2.79. The summed E-state index contributed by atoms with van der Waals surface area (Å²) in [5.74, 6) is 1.05. The number of amides is 1. The van der Waals surface area contributed by atoms with Gasteiger partial charge in [0.15, 0.2) is 5.16 Å². The van der Waals surface area contributed by atoms with Gasteiger partial charge in [0.2, 0.25) is 5.91 Å². The molecule has 1 amide bonds. The average Bonchev–Trinajstić information content (AvgIpc) is 2.68. The van der Waals surface area contributed by atoms with E-state index >= 15 is 0 Å². The fraction of sp³-hybridized carbons (Fsp3) is 0.550. The molecule has 0 saturated carbocycles. The number of likely N-dealkylation sites (tertiary alicyclic amines) is 1. The van der Waals surface area contributed by atoms with Crippen molar-refractivity contribution < 1.29 is 9.53 Å². The third-order valence-corrected chi connectivity index (χ3v) is 6.27. The van der Waals surface area contributed by atoms with Gasteiger partial charge in [0, 0.05) is 38.4 Å². The van der Waals surface area contributed by atoms with Crippen molar-refractivity contribution in [3.05, 3.63) is 33.6 Å². The van der Waals surface area contributed by atoms with Crippen LogP contribution >= 0.6 is 23.4 Å². The van der Waals surface area contributed by atoms with Crippen LogP contribution in [-0.4, -0.2) is 52.9 Å². The Kier molecular flexibility index (Phi) is 7.37. The molecule has 1 aliphatic heterocycles. The van der Waals surface area contributed by atoms with Crippen molar-refractivity contribution in [2.24, 2.45) is 5.92 Å². The van der Waals surface area contributed by atoms with Gasteiger partial charge in [-0.1, -0.05) is 30.3 Å². The van der Waals surface area contributed by atoms with E-state index in [2.05, 4.69) is 11.9 Å². The lowest BCUT2D eigenvalue weighted by molar-refractivity contribution is -0.129. The van der Waals surface area contributed by atoms with Crippen molar-refractivity contribution in [1.29, 1.82) is 0 Å². The van der Waals surface area contributed by atoms with Crippen LogP contribution in [-0.2, 0) is 16.1 Å². The highest BCUT2D eigenvalue weighted by Crippen LogP contribution is 2.22. The summed E-state index contributed by atoms with van der Waals surface area (Å²) in [5.41, 5.74) is 0.446. The van der Waals surface area contributed by atoms with Crippen LogP contribution < -0.4 is 5.56 Å². The van der Waals surface area contributed by atoms with E-state index < -0.39 is 0 Å². The molecule has 2 aromatic rings. The number of piperidine rings is 1. The first-order valence-electron chi connectivity index (χ1n) is 9.59. The Labute approximate surface area is 174 Å². The summed E-state index contributed by atoms with van der Waals surface area (Å²) in [5, 5.41) is 1.61. The summed E-state index contributed by atoms with van der Waals surface area (Å²) < 4.78 is 6.76. The van der Waals surface area contributed by atoms with Crippen molar-refractivity contribution in [1.82, 2.24) is 14.5 Å². The summed E-state index contributed by atoms with van der Waals surface area (Å²) in [7, 11) is 1.64. The topological polar surface area (TPSA) is 64.4 Å². The van der Waals surface area contributed by atoms with Crippen LogP contribution in [0.15, 0.2) is 28.2 Å². The van der Waals surface area contributed by atoms with E-state index in [0.717, 1.165) is 25.9 Å². The standard InChI is InChI=1S/C20H26ClN3O3S/c1-14-6-9-23(10-7-14)18(25)13-28-20-22-17-12-15(21)4-5-16(17)19(26)24(20)8-3-11-27-2/h4-5,12,14H,3,6-11,13H2,1-2H3. The number of benzene rings is 1. The lowest BCUT2D eigenvalue weighted by Crippen LogP contribution is -2.39. The maximum absolute atomic E-state index is 13.0. The smallest absolute Gasteiger partial charge is 0.262 e. The molecule has 8 heteroatoms. The van der Waals surface area contributed by atoms with E-state index in [0.29, 0.717) is 46.6 Å². The number of rotatable bonds is 7. The molecule has 0 unspecified atom stereocenters. The summed E-state index contributed by atoms with van der Waals surface area (Å²) in [6.45, 7) is 4.89. The number of carbonyl (C=O) groups excluding carboxylic acids is 1. The monoisotopic (exact) mass is 423 g/mol. The van der Waals surface area contributed by atoms with Crippen molar-refractivity contribution in [2.75, 3.05) is 32.6 Å². The minimum atomic E-state index is -0.112. The fourth-order valence-corrected chi connectivity index (χ4v) is 4.42. The molecule has 0 radical (unpaired) electrons. The number of nitrogens with zero attached hydrogens (tertiary/aromatic N) is 3. The normalized spacial score (nSPS) is 15.3. The highest BCUT2D eigenvalue weighted by atomic mass is 35.5. The molecule has 0 spiro atoms. The van der Waals surface area contributed by atoms with E-state index in [1.165, 1.54) is 11.8 Å². The maximum Gasteiger partial charge on any atom is 0.262 e. The first kappa shape index (κ1) is 21.1. The number of aromatic nitrogens is 2. The van der Waals surface area contributed by atoms with Gasteiger partial charge < -0.3 is 9.64 Å². The molecular formula is C20H26ClN3O3S. The zero-order valence-electron chi connectivity index (χ0n) is 16.3. The Morgan fingerprint density at radius 3 is 2.82 bits per heavy atom. The maximum atomic E-state index is 13.0. The molecule has 28 heavy (non-hydrogen) atoms. The molecule has 1 aliphatic rings. The van der Waals surface area contributed by atoms with Gasteiger partial charge in [-0.3, -0.25) is 14.2 Å². The molecule has 0 bridgehead atoms. The fourth-order valence-electron chi connectivity index (χ4n) is 3.32. The number of ether oxygens (including phenoxy) is 1. The van der Waals surface area contributed by atoms with E-state index in [-0.39, 0.29) is 17.2 Å². The second-order valence-electron chi connectivity index (χ2n) is 7.21. The summed E-state index contributed by atoms with van der Waals surface area (Å²) in [4.78, 5) is 32.1. The number of thioether (sulfide) groups is 1. The minimum Gasteiger partial charge on any atom is -0.385 e. The molecule has 6 nitrogen and oxygen atoms in total. The predicted molar refractivity (Wildman–Crippen MR) is 113 cm³/mol. The van der Waals surface area contributed by atoms with Gasteiger partial charge in [-0.25, -0.2) is 4.98 Å². The van der Waals surface area contributed by atoms with Gasteiger partial charge in [-0.15, -0.1) is 0 Å². The van der Waals surface area contributed by atoms with Crippen LogP contribution in [0.4, 0.5) is 0 Å². The molecule has 0 atom stereocenters. The molecule has 1 aromatic heterocycles. The molecule has 1 aromatic carbocycles. The van der Waals surface area contributed by atoms with Crippen LogP contribution in [0.2, 0.25) is 5.02 Å². The molecule has 3 rings (SSSR count). The quantitative estimate of drug-likeness (QED) is 0.388. The third-order valence-electron chi connectivity index (χ3n) is 5.07. The highest BCUT2D eigenvalue weighted by molar-refractivity contribution is 7.99. The molecule has 0 N–H and O–H groups in total. The predicted octanol–water partition coefficient (Wildman–Crippen LogP) is 3.44. The lowest BCUT2D eigenvalue weighted by atomic mass is 9.99. The van der Waals surface area contributed by atoms with Crippen LogP contribution in [0.5, 0.6) is 0 Å². The SMILES string of the molecule is COCCCn1c(SCC(=O)N2CCC(C)CC2)nc2cc(Cl)ccc2c1=O. The number of halogens is 1. The van der Waals surface area contributed by atoms with Crippen LogP contribution in [0.3, 0.4) is 0 Å². The van der Waals surface area contributed by atoms with Crippen LogP contribution in [0.25, 0.3) is 10.9 Å². The summed E-state index contributed by atoms with van der Waals surface area (Å²) >= 11 is 7.39. The molecular weight excluding hydrogens is 398 g/mol. The van der Waals surface area contributed by atoms with Crippen LogP contribution in [0.1, 0.15) is 26.2 Å². The third kappa shape index (κ3) is 5.07. The first-order chi connectivity index (χ1) is 13.5. The molecule has 152 valence electrons. The largest absolute Gasteiger partial charge is 0.385 e. The average molecular weight is 424 g/mol. The highest BCUT2D eigenvalue weighted by Gasteiger charge is 2.21. The van der Waals surface area contributed by atoms with Gasteiger partial charge in [-0.05, 0) is 43.4 Å². The second kappa shape index (κ2) is 9.76. The van der Waals surface area contributed by atoms with Gasteiger partial charge in [-0.2, -0.15) is 0 Å².